The fourth-order valence-corrected chi connectivity index (χ4v) is 2.21. The van der Waals surface area contributed by atoms with Gasteiger partial charge in [-0.15, -0.1) is 0 Å². The van der Waals surface area contributed by atoms with Crippen LogP contribution in [0.15, 0.2) is 18.2 Å². The first-order valence-electron chi connectivity index (χ1n) is 5.47. The molecule has 0 saturated carbocycles. The molecular formula is C13H16O2. The summed E-state index contributed by atoms with van der Waals surface area (Å²) in [7, 11) is 1.65. The molecule has 2 nitrogen and oxygen atoms in total. The fraction of sp³-hybridized carbons (Fsp3) is 0.462. The molecule has 2 heteroatoms. The van der Waals surface area contributed by atoms with Gasteiger partial charge in [0.25, 0.3) is 0 Å². The van der Waals surface area contributed by atoms with Crippen LogP contribution in [-0.2, 0) is 6.42 Å². The van der Waals surface area contributed by atoms with Gasteiger partial charge in [0.1, 0.15) is 5.75 Å². The van der Waals surface area contributed by atoms with E-state index in [2.05, 4.69) is 6.92 Å². The zero-order chi connectivity index (χ0) is 10.8. The van der Waals surface area contributed by atoms with E-state index in [1.165, 1.54) is 0 Å². The third-order valence-corrected chi connectivity index (χ3v) is 3.20. The Morgan fingerprint density at radius 1 is 1.47 bits per heavy atom. The normalized spacial score (nSPS) is 19.9. The third-order valence-electron chi connectivity index (χ3n) is 3.20. The van der Waals surface area contributed by atoms with Gasteiger partial charge in [0.05, 0.1) is 7.11 Å². The van der Waals surface area contributed by atoms with E-state index in [9.17, 15) is 4.79 Å². The zero-order valence-electron chi connectivity index (χ0n) is 9.25. The van der Waals surface area contributed by atoms with Crippen LogP contribution in [0.25, 0.3) is 0 Å². The van der Waals surface area contributed by atoms with Gasteiger partial charge in [-0.2, -0.15) is 0 Å². The summed E-state index contributed by atoms with van der Waals surface area (Å²) in [6, 6.07) is 5.76. The molecule has 0 heterocycles. The average Bonchev–Trinajstić information content (AvgIpc) is 2.29. The minimum absolute atomic E-state index is 0.228. The minimum atomic E-state index is 0.228. The number of ether oxygens (including phenoxy) is 1. The van der Waals surface area contributed by atoms with Gasteiger partial charge in [-0.1, -0.05) is 6.92 Å². The monoisotopic (exact) mass is 204 g/mol. The maximum absolute atomic E-state index is 12.0. The highest BCUT2D eigenvalue weighted by Crippen LogP contribution is 2.29. The summed E-state index contributed by atoms with van der Waals surface area (Å²) in [6.07, 6.45) is 2.93. The number of aryl methyl sites for hydroxylation is 1. The number of fused-ring (bicyclic) bond motifs is 1. The average molecular weight is 204 g/mol. The predicted molar refractivity (Wildman–Crippen MR) is 59.4 cm³/mol. The van der Waals surface area contributed by atoms with E-state index in [1.807, 2.05) is 18.2 Å². The standard InChI is InChI=1S/C13H16O2/c1-3-9-4-5-10-8-11(15-2)6-7-12(10)13(9)14/h6-9H,3-5H2,1-2H3/t9-/m0/s1. The molecule has 0 amide bonds. The second-order valence-corrected chi connectivity index (χ2v) is 4.03. The maximum Gasteiger partial charge on any atom is 0.166 e. The molecule has 0 aromatic heterocycles. The van der Waals surface area contributed by atoms with Crippen molar-refractivity contribution >= 4 is 5.78 Å². The van der Waals surface area contributed by atoms with Crippen LogP contribution in [0.1, 0.15) is 35.7 Å². The van der Waals surface area contributed by atoms with Gasteiger partial charge >= 0.3 is 0 Å². The lowest BCUT2D eigenvalue weighted by molar-refractivity contribution is 0.0898. The van der Waals surface area contributed by atoms with E-state index in [-0.39, 0.29) is 5.92 Å². The molecule has 1 atom stereocenters. The van der Waals surface area contributed by atoms with Gasteiger partial charge in [-0.25, -0.2) is 0 Å². The Balaban J connectivity index is 2.37. The summed E-state index contributed by atoms with van der Waals surface area (Å²) in [6.45, 7) is 2.08. The van der Waals surface area contributed by atoms with Gasteiger partial charge in [0, 0.05) is 11.5 Å². The third kappa shape index (κ3) is 1.76. The molecule has 15 heavy (non-hydrogen) atoms. The summed E-state index contributed by atoms with van der Waals surface area (Å²) in [5, 5.41) is 0. The SMILES string of the molecule is CC[C@H]1CCc2cc(OC)ccc2C1=O. The summed E-state index contributed by atoms with van der Waals surface area (Å²) in [4.78, 5) is 12.0. The maximum atomic E-state index is 12.0. The molecule has 0 saturated heterocycles. The smallest absolute Gasteiger partial charge is 0.166 e. The lowest BCUT2D eigenvalue weighted by Crippen LogP contribution is -2.21. The summed E-state index contributed by atoms with van der Waals surface area (Å²) < 4.78 is 5.16. The van der Waals surface area contributed by atoms with Crippen LogP contribution in [0, 0.1) is 5.92 Å². The molecule has 0 spiro atoms. The molecule has 0 bridgehead atoms. The number of carbonyl (C=O) groups excluding carboxylic acids is 1. The highest BCUT2D eigenvalue weighted by Gasteiger charge is 2.25. The van der Waals surface area contributed by atoms with Crippen molar-refractivity contribution in [2.75, 3.05) is 7.11 Å². The molecule has 80 valence electrons. The van der Waals surface area contributed by atoms with Crippen LogP contribution in [0.2, 0.25) is 0 Å². The van der Waals surface area contributed by atoms with Crippen LogP contribution in [0.3, 0.4) is 0 Å². The van der Waals surface area contributed by atoms with Crippen molar-refractivity contribution < 1.29 is 9.53 Å². The van der Waals surface area contributed by atoms with Crippen LogP contribution in [-0.4, -0.2) is 12.9 Å². The summed E-state index contributed by atoms with van der Waals surface area (Å²) in [5.41, 5.74) is 2.04. The Kier molecular flexibility index (Phi) is 2.76. The van der Waals surface area contributed by atoms with E-state index in [4.69, 9.17) is 4.74 Å². The largest absolute Gasteiger partial charge is 0.497 e. The number of methoxy groups -OCH3 is 1. The van der Waals surface area contributed by atoms with Crippen LogP contribution in [0.4, 0.5) is 0 Å². The summed E-state index contributed by atoms with van der Waals surface area (Å²) >= 11 is 0. The van der Waals surface area contributed by atoms with Crippen molar-refractivity contribution in [3.63, 3.8) is 0 Å². The Morgan fingerprint density at radius 3 is 2.93 bits per heavy atom. The van der Waals surface area contributed by atoms with Gasteiger partial charge in [0.15, 0.2) is 5.78 Å². The molecule has 1 aromatic carbocycles. The predicted octanol–water partition coefficient (Wildman–Crippen LogP) is 2.85. The quantitative estimate of drug-likeness (QED) is 0.740. The van der Waals surface area contributed by atoms with Crippen molar-refractivity contribution in [2.24, 2.45) is 5.92 Å². The van der Waals surface area contributed by atoms with Crippen molar-refractivity contribution in [1.29, 1.82) is 0 Å². The second kappa shape index (κ2) is 4.05. The Hall–Kier alpha value is -1.31. The molecular weight excluding hydrogens is 188 g/mol. The number of benzene rings is 1. The number of rotatable bonds is 2. The second-order valence-electron chi connectivity index (χ2n) is 4.03. The first-order valence-corrected chi connectivity index (χ1v) is 5.47. The van der Waals surface area contributed by atoms with Crippen LogP contribution in [0.5, 0.6) is 5.75 Å². The molecule has 0 unspecified atom stereocenters. The van der Waals surface area contributed by atoms with E-state index in [0.29, 0.717) is 5.78 Å². The van der Waals surface area contributed by atoms with E-state index < -0.39 is 0 Å². The molecule has 1 aromatic rings. The van der Waals surface area contributed by atoms with Crippen LogP contribution >= 0.6 is 0 Å². The van der Waals surface area contributed by atoms with Gasteiger partial charge in [-0.05, 0) is 43.0 Å². The molecule has 1 aliphatic rings. The first-order chi connectivity index (χ1) is 7.26. The van der Waals surface area contributed by atoms with Gasteiger partial charge in [-0.3, -0.25) is 4.79 Å². The molecule has 0 fully saturated rings. The molecule has 0 aliphatic heterocycles. The van der Waals surface area contributed by atoms with Crippen molar-refractivity contribution in [1.82, 2.24) is 0 Å². The number of hydrogen-bond acceptors (Lipinski definition) is 2. The molecule has 2 rings (SSSR count). The highest BCUT2D eigenvalue weighted by atomic mass is 16.5. The van der Waals surface area contributed by atoms with Crippen molar-refractivity contribution in [3.8, 4) is 5.75 Å². The highest BCUT2D eigenvalue weighted by molar-refractivity contribution is 6.00. The number of hydrogen-bond donors (Lipinski definition) is 0. The first kappa shape index (κ1) is 10.2. The summed E-state index contributed by atoms with van der Waals surface area (Å²) in [5.74, 6) is 1.38. The molecule has 1 aliphatic carbocycles. The van der Waals surface area contributed by atoms with Gasteiger partial charge < -0.3 is 4.74 Å². The minimum Gasteiger partial charge on any atom is -0.497 e. The van der Waals surface area contributed by atoms with Crippen molar-refractivity contribution in [3.05, 3.63) is 29.3 Å². The van der Waals surface area contributed by atoms with Crippen molar-refractivity contribution in [2.45, 2.75) is 26.2 Å². The van der Waals surface area contributed by atoms with Crippen LogP contribution < -0.4 is 4.74 Å². The van der Waals surface area contributed by atoms with E-state index in [1.54, 1.807) is 7.11 Å². The Labute approximate surface area is 90.3 Å². The Morgan fingerprint density at radius 2 is 2.27 bits per heavy atom. The topological polar surface area (TPSA) is 26.3 Å². The molecule has 0 radical (unpaired) electrons. The molecule has 0 N–H and O–H groups in total. The zero-order valence-corrected chi connectivity index (χ0v) is 9.25. The number of ketones is 1. The van der Waals surface area contributed by atoms with Gasteiger partial charge in [0.2, 0.25) is 0 Å². The van der Waals surface area contributed by atoms with E-state index >= 15 is 0 Å². The Bertz CT molecular complexity index is 382. The lowest BCUT2D eigenvalue weighted by atomic mass is 9.81. The fourth-order valence-electron chi connectivity index (χ4n) is 2.21. The number of Topliss-reactive ketones (excluding diaryl/α,β-unsaturated/α-hetero) is 1. The van der Waals surface area contributed by atoms with E-state index in [0.717, 1.165) is 36.1 Å². The number of carbonyl (C=O) groups is 1. The lowest BCUT2D eigenvalue weighted by Gasteiger charge is -2.22.